The van der Waals surface area contributed by atoms with Crippen molar-refractivity contribution in [3.63, 3.8) is 0 Å². The lowest BCUT2D eigenvalue weighted by molar-refractivity contribution is -0.154. The minimum Gasteiger partial charge on any atom is -0.468 e. The summed E-state index contributed by atoms with van der Waals surface area (Å²) in [6.45, 7) is 3.28. The molecule has 0 unspecified atom stereocenters. The number of piperidine rings is 1. The number of methoxy groups -OCH3 is 1. The predicted octanol–water partition coefficient (Wildman–Crippen LogP) is 1.68. The number of likely N-dealkylation sites (tertiary alicyclic amines) is 1. The van der Waals surface area contributed by atoms with Gasteiger partial charge >= 0.3 is 5.97 Å². The Hall–Kier alpha value is -2.18. The largest absolute Gasteiger partial charge is 0.468 e. The van der Waals surface area contributed by atoms with Crippen LogP contribution >= 0.6 is 0 Å². The summed E-state index contributed by atoms with van der Waals surface area (Å²) >= 11 is 0. The third kappa shape index (κ3) is 3.34. The molecule has 1 aromatic heterocycles. The van der Waals surface area contributed by atoms with Crippen molar-refractivity contribution in [3.8, 4) is 5.69 Å². The molecule has 6 nitrogen and oxygen atoms in total. The van der Waals surface area contributed by atoms with Gasteiger partial charge in [0.1, 0.15) is 6.04 Å². The Balaban J connectivity index is 1.82. The number of aryl methyl sites for hydroxylation is 1. The molecule has 1 fully saturated rings. The molecule has 128 valence electrons. The Bertz CT molecular complexity index is 699. The van der Waals surface area contributed by atoms with Crippen LogP contribution in [0.2, 0.25) is 0 Å². The Morgan fingerprint density at radius 2 is 2.12 bits per heavy atom. The molecule has 0 bridgehead atoms. The molecular formula is C18H23N3O3. The fourth-order valence-electron chi connectivity index (χ4n) is 3.23. The van der Waals surface area contributed by atoms with Gasteiger partial charge in [0.2, 0.25) is 0 Å². The molecule has 0 radical (unpaired) electrons. The van der Waals surface area contributed by atoms with Crippen LogP contribution in [0.3, 0.4) is 0 Å². The number of hydrogen-bond donors (Lipinski definition) is 1. The molecule has 0 spiro atoms. The van der Waals surface area contributed by atoms with Crippen LogP contribution in [0.4, 0.5) is 0 Å². The average molecular weight is 329 g/mol. The van der Waals surface area contributed by atoms with E-state index in [1.807, 2.05) is 53.0 Å². The van der Waals surface area contributed by atoms with Crippen molar-refractivity contribution < 1.29 is 14.6 Å². The molecule has 3 rings (SSSR count). The zero-order valence-corrected chi connectivity index (χ0v) is 14.1. The van der Waals surface area contributed by atoms with Gasteiger partial charge in [0.05, 0.1) is 24.6 Å². The first-order valence-corrected chi connectivity index (χ1v) is 8.20. The van der Waals surface area contributed by atoms with Crippen molar-refractivity contribution in [1.82, 2.24) is 14.7 Å². The van der Waals surface area contributed by atoms with E-state index in [4.69, 9.17) is 4.74 Å². The minimum absolute atomic E-state index is 0.379. The number of aliphatic hydroxyl groups is 1. The van der Waals surface area contributed by atoms with Crippen molar-refractivity contribution >= 4 is 5.97 Å². The Labute approximate surface area is 141 Å². The number of nitrogens with zero attached hydrogens (tertiary/aromatic N) is 3. The summed E-state index contributed by atoms with van der Waals surface area (Å²) in [6, 6.07) is 9.30. The molecule has 24 heavy (non-hydrogen) atoms. The first-order valence-electron chi connectivity index (χ1n) is 8.20. The normalized spacial score (nSPS) is 21.6. The van der Waals surface area contributed by atoms with Gasteiger partial charge in [-0.25, -0.2) is 4.68 Å². The second-order valence-corrected chi connectivity index (χ2v) is 6.17. The highest BCUT2D eigenvalue weighted by Gasteiger charge is 2.36. The van der Waals surface area contributed by atoms with Gasteiger partial charge in [-0.3, -0.25) is 9.69 Å². The number of carbonyl (C=O) groups is 1. The van der Waals surface area contributed by atoms with Crippen molar-refractivity contribution in [2.24, 2.45) is 0 Å². The Morgan fingerprint density at radius 1 is 1.38 bits per heavy atom. The maximum absolute atomic E-state index is 12.0. The molecule has 1 N–H and O–H groups in total. The number of aliphatic hydroxyl groups excluding tert-OH is 1. The number of hydrogen-bond acceptors (Lipinski definition) is 5. The lowest BCUT2D eigenvalue weighted by atomic mass is 9.98. The quantitative estimate of drug-likeness (QED) is 0.865. The fraction of sp³-hybridized carbons (Fsp3) is 0.444. The van der Waals surface area contributed by atoms with Crippen LogP contribution in [0.1, 0.15) is 24.1 Å². The summed E-state index contributed by atoms with van der Waals surface area (Å²) in [5, 5.41) is 14.8. The van der Waals surface area contributed by atoms with Crippen LogP contribution in [0, 0.1) is 6.92 Å². The Morgan fingerprint density at radius 3 is 2.83 bits per heavy atom. The summed E-state index contributed by atoms with van der Waals surface area (Å²) in [4.78, 5) is 14.0. The monoisotopic (exact) mass is 329 g/mol. The van der Waals surface area contributed by atoms with E-state index in [9.17, 15) is 9.90 Å². The molecular weight excluding hydrogens is 306 g/mol. The molecule has 1 aromatic carbocycles. The van der Waals surface area contributed by atoms with E-state index in [0.29, 0.717) is 13.0 Å². The number of benzene rings is 1. The average Bonchev–Trinajstić information content (AvgIpc) is 2.96. The lowest BCUT2D eigenvalue weighted by Crippen LogP contribution is -2.52. The number of rotatable bonds is 4. The summed E-state index contributed by atoms with van der Waals surface area (Å²) in [5.74, 6) is -0.379. The maximum atomic E-state index is 12.0. The van der Waals surface area contributed by atoms with E-state index in [-0.39, 0.29) is 5.97 Å². The van der Waals surface area contributed by atoms with E-state index in [1.165, 1.54) is 7.11 Å². The molecule has 0 aliphatic carbocycles. The van der Waals surface area contributed by atoms with Gasteiger partial charge in [-0.05, 0) is 38.4 Å². The topological polar surface area (TPSA) is 67.6 Å². The number of esters is 1. The number of carbonyl (C=O) groups excluding carboxylic acids is 1. The van der Waals surface area contributed by atoms with Crippen LogP contribution in [0.15, 0.2) is 36.5 Å². The number of aromatic nitrogens is 2. The zero-order chi connectivity index (χ0) is 17.1. The van der Waals surface area contributed by atoms with Crippen LogP contribution in [0.25, 0.3) is 5.69 Å². The highest BCUT2D eigenvalue weighted by molar-refractivity contribution is 5.76. The van der Waals surface area contributed by atoms with Gasteiger partial charge in [0.15, 0.2) is 0 Å². The van der Waals surface area contributed by atoms with Crippen molar-refractivity contribution in [1.29, 1.82) is 0 Å². The van der Waals surface area contributed by atoms with Crippen molar-refractivity contribution in [3.05, 3.63) is 47.8 Å². The van der Waals surface area contributed by atoms with E-state index in [0.717, 1.165) is 29.9 Å². The van der Waals surface area contributed by atoms with E-state index in [1.54, 1.807) is 0 Å². The van der Waals surface area contributed by atoms with Crippen LogP contribution in [0.5, 0.6) is 0 Å². The highest BCUT2D eigenvalue weighted by Crippen LogP contribution is 2.23. The fourth-order valence-corrected chi connectivity index (χ4v) is 3.23. The molecule has 1 aliphatic rings. The van der Waals surface area contributed by atoms with E-state index >= 15 is 0 Å². The lowest BCUT2D eigenvalue weighted by Gasteiger charge is -2.36. The summed E-state index contributed by atoms with van der Waals surface area (Å²) < 4.78 is 6.72. The van der Waals surface area contributed by atoms with Gasteiger partial charge in [0, 0.05) is 18.3 Å². The zero-order valence-electron chi connectivity index (χ0n) is 14.1. The van der Waals surface area contributed by atoms with Gasteiger partial charge in [0.25, 0.3) is 0 Å². The van der Waals surface area contributed by atoms with E-state index < -0.39 is 12.1 Å². The maximum Gasteiger partial charge on any atom is 0.325 e. The molecule has 1 saturated heterocycles. The highest BCUT2D eigenvalue weighted by atomic mass is 16.5. The van der Waals surface area contributed by atoms with Crippen molar-refractivity contribution in [2.45, 2.75) is 38.5 Å². The number of ether oxygens (including phenoxy) is 1. The van der Waals surface area contributed by atoms with Crippen LogP contribution in [-0.2, 0) is 16.1 Å². The van der Waals surface area contributed by atoms with Gasteiger partial charge in [-0.1, -0.05) is 18.2 Å². The molecule has 2 aromatic rings. The minimum atomic E-state index is -0.685. The molecule has 1 aliphatic heterocycles. The standard InChI is InChI=1S/C18H23N3O3/c1-13-14(12-21(19-13)15-7-4-3-5-8-15)11-20-10-6-9-16(22)17(20)18(23)24-2/h3-5,7-8,12,16-17,22H,6,9-11H2,1-2H3/t16-,17+/m1/s1. The molecule has 6 heteroatoms. The predicted molar refractivity (Wildman–Crippen MR) is 89.8 cm³/mol. The molecule has 0 amide bonds. The third-order valence-corrected chi connectivity index (χ3v) is 4.54. The summed E-state index contributed by atoms with van der Waals surface area (Å²) in [7, 11) is 1.36. The Kier molecular flexibility index (Phi) is 4.97. The van der Waals surface area contributed by atoms with Gasteiger partial charge in [-0.2, -0.15) is 5.10 Å². The molecule has 2 atom stereocenters. The smallest absolute Gasteiger partial charge is 0.325 e. The second kappa shape index (κ2) is 7.15. The summed E-state index contributed by atoms with van der Waals surface area (Å²) in [6.07, 6.45) is 2.79. The second-order valence-electron chi connectivity index (χ2n) is 6.17. The molecule has 0 saturated carbocycles. The molecule has 2 heterocycles. The van der Waals surface area contributed by atoms with Gasteiger partial charge < -0.3 is 9.84 Å². The SMILES string of the molecule is COC(=O)[C@@H]1[C@H](O)CCCN1Cc1cn(-c2ccccc2)nc1C. The summed E-state index contributed by atoms with van der Waals surface area (Å²) in [5.41, 5.74) is 2.96. The number of para-hydroxylation sites is 1. The third-order valence-electron chi connectivity index (χ3n) is 4.54. The first-order chi connectivity index (χ1) is 11.6. The van der Waals surface area contributed by atoms with Crippen LogP contribution < -0.4 is 0 Å². The first kappa shape index (κ1) is 16.7. The van der Waals surface area contributed by atoms with Gasteiger partial charge in [-0.15, -0.1) is 0 Å². The van der Waals surface area contributed by atoms with Crippen LogP contribution in [-0.4, -0.2) is 51.6 Å². The van der Waals surface area contributed by atoms with E-state index in [2.05, 4.69) is 5.10 Å². The van der Waals surface area contributed by atoms with Crippen molar-refractivity contribution in [2.75, 3.05) is 13.7 Å².